The second-order valence-electron chi connectivity index (χ2n) is 10.6. The second kappa shape index (κ2) is 22.4. The highest BCUT2D eigenvalue weighted by atomic mass is 31.2. The summed E-state index contributed by atoms with van der Waals surface area (Å²) in [6.07, 6.45) is 21.2. The van der Waals surface area contributed by atoms with Crippen molar-refractivity contribution in [1.29, 1.82) is 0 Å². The van der Waals surface area contributed by atoms with Crippen molar-refractivity contribution < 1.29 is 23.8 Å². The highest BCUT2D eigenvalue weighted by molar-refractivity contribution is 7.51. The Kier molecular flexibility index (Phi) is 20.6. The van der Waals surface area contributed by atoms with E-state index in [0.717, 1.165) is 12.8 Å². The summed E-state index contributed by atoms with van der Waals surface area (Å²) in [6.45, 7) is 5.78. The number of rotatable bonds is 26. The van der Waals surface area contributed by atoms with Gasteiger partial charge in [0.1, 0.15) is 6.35 Å². The fraction of sp³-hybridized carbons (Fsp3) is 0.862. The molecule has 0 atom stereocenters. The van der Waals surface area contributed by atoms with Crippen molar-refractivity contribution in [2.45, 2.75) is 136 Å². The minimum absolute atomic E-state index is 0.0307. The zero-order valence-corrected chi connectivity index (χ0v) is 25.5. The van der Waals surface area contributed by atoms with Gasteiger partial charge in [0.15, 0.2) is 0 Å². The van der Waals surface area contributed by atoms with Crippen LogP contribution in [0.2, 0.25) is 0 Å². The van der Waals surface area contributed by atoms with Gasteiger partial charge < -0.3 is 19.3 Å². The van der Waals surface area contributed by atoms with Gasteiger partial charge in [-0.2, -0.15) is 0 Å². The quantitative estimate of drug-likeness (QED) is 0.103. The molecule has 39 heavy (non-hydrogen) atoms. The maximum absolute atomic E-state index is 12.8. The maximum Gasteiger partial charge on any atom is 0.350 e. The summed E-state index contributed by atoms with van der Waals surface area (Å²) in [7, 11) is -4.26. The molecular formula is C29H55N2O7P. The third-order valence-corrected chi connectivity index (χ3v) is 7.40. The fourth-order valence-corrected chi connectivity index (χ4v) is 5.05. The standard InChI is InChI=1S/C29H55N2O7P/c1-3-5-6-7-8-9-10-11-12-13-14-15-16-17-22-37-23-18-20-31-28(32)27(19-4-2)25-30(29(31)33)21-24-38-26-39(34,35)36/h25H,3-24,26H2,1-2H3,(H2,34,35,36). The summed E-state index contributed by atoms with van der Waals surface area (Å²) < 4.78 is 24.3. The molecule has 1 aromatic heterocycles. The molecule has 1 rings (SSSR count). The first-order valence-corrected chi connectivity index (χ1v) is 17.1. The Bertz CT molecular complexity index is 910. The van der Waals surface area contributed by atoms with Crippen LogP contribution in [0.25, 0.3) is 0 Å². The first-order valence-electron chi connectivity index (χ1n) is 15.3. The number of hydrogen-bond acceptors (Lipinski definition) is 5. The minimum Gasteiger partial charge on any atom is -0.381 e. The van der Waals surface area contributed by atoms with Gasteiger partial charge in [-0.15, -0.1) is 0 Å². The molecule has 0 aromatic carbocycles. The first kappa shape index (κ1) is 35.8. The van der Waals surface area contributed by atoms with Gasteiger partial charge in [0.25, 0.3) is 5.56 Å². The Morgan fingerprint density at radius 2 is 1.23 bits per heavy atom. The molecule has 2 N–H and O–H groups in total. The van der Waals surface area contributed by atoms with E-state index >= 15 is 0 Å². The van der Waals surface area contributed by atoms with Crippen LogP contribution in [-0.4, -0.2) is 45.1 Å². The largest absolute Gasteiger partial charge is 0.381 e. The van der Waals surface area contributed by atoms with Crippen LogP contribution < -0.4 is 11.2 Å². The summed E-state index contributed by atoms with van der Waals surface area (Å²) in [5.74, 6) is 0. The van der Waals surface area contributed by atoms with Gasteiger partial charge >= 0.3 is 13.3 Å². The maximum atomic E-state index is 12.8. The third-order valence-electron chi connectivity index (χ3n) is 6.88. The summed E-state index contributed by atoms with van der Waals surface area (Å²) in [4.78, 5) is 43.4. The van der Waals surface area contributed by atoms with E-state index in [-0.39, 0.29) is 25.3 Å². The van der Waals surface area contributed by atoms with Crippen LogP contribution in [0.15, 0.2) is 15.8 Å². The molecule has 228 valence electrons. The Labute approximate surface area is 235 Å². The Morgan fingerprint density at radius 3 is 1.77 bits per heavy atom. The summed E-state index contributed by atoms with van der Waals surface area (Å²) in [6, 6.07) is 0. The van der Waals surface area contributed by atoms with Crippen molar-refractivity contribution in [3.63, 3.8) is 0 Å². The van der Waals surface area contributed by atoms with Crippen LogP contribution in [0.3, 0.4) is 0 Å². The number of hydrogen-bond donors (Lipinski definition) is 2. The normalized spacial score (nSPS) is 11.9. The molecule has 0 unspecified atom stereocenters. The van der Waals surface area contributed by atoms with E-state index < -0.39 is 19.6 Å². The molecule has 9 nitrogen and oxygen atoms in total. The van der Waals surface area contributed by atoms with Gasteiger partial charge in [0, 0.05) is 31.5 Å². The van der Waals surface area contributed by atoms with Gasteiger partial charge in [0.05, 0.1) is 13.2 Å². The van der Waals surface area contributed by atoms with Crippen LogP contribution in [-0.2, 0) is 33.5 Å². The number of nitrogens with zero attached hydrogens (tertiary/aromatic N) is 2. The summed E-state index contributed by atoms with van der Waals surface area (Å²) >= 11 is 0. The SMILES string of the molecule is CCCCCCCCCCCCCCCCOCCCn1c(=O)c(CCC)cn(CCOCP(=O)(O)O)c1=O. The lowest BCUT2D eigenvalue weighted by Crippen LogP contribution is -2.42. The second-order valence-corrected chi connectivity index (χ2v) is 12.2. The smallest absolute Gasteiger partial charge is 0.350 e. The highest BCUT2D eigenvalue weighted by Gasteiger charge is 2.14. The van der Waals surface area contributed by atoms with Crippen molar-refractivity contribution in [3.8, 4) is 0 Å². The zero-order valence-electron chi connectivity index (χ0n) is 24.6. The van der Waals surface area contributed by atoms with Crippen LogP contribution in [0.4, 0.5) is 0 Å². The molecule has 0 aliphatic carbocycles. The van der Waals surface area contributed by atoms with Crippen LogP contribution in [0, 0.1) is 0 Å². The molecule has 0 saturated heterocycles. The molecule has 10 heteroatoms. The van der Waals surface area contributed by atoms with E-state index in [2.05, 4.69) is 6.92 Å². The van der Waals surface area contributed by atoms with Gasteiger partial charge in [-0.25, -0.2) is 4.79 Å². The lowest BCUT2D eigenvalue weighted by molar-refractivity contribution is 0.123. The lowest BCUT2D eigenvalue weighted by Gasteiger charge is -2.13. The van der Waals surface area contributed by atoms with E-state index in [1.165, 1.54) is 98.8 Å². The fourth-order valence-electron chi connectivity index (χ4n) is 4.68. The van der Waals surface area contributed by atoms with E-state index in [4.69, 9.17) is 19.3 Å². The summed E-state index contributed by atoms with van der Waals surface area (Å²) in [5.41, 5.74) is -0.164. The number of unbranched alkanes of at least 4 members (excludes halogenated alkanes) is 13. The summed E-state index contributed by atoms with van der Waals surface area (Å²) in [5, 5.41) is 0. The number of ether oxygens (including phenoxy) is 2. The van der Waals surface area contributed by atoms with Gasteiger partial charge in [0.2, 0.25) is 0 Å². The van der Waals surface area contributed by atoms with Crippen LogP contribution >= 0.6 is 7.60 Å². The molecule has 0 spiro atoms. The molecule has 0 aliphatic heterocycles. The average molecular weight is 575 g/mol. The third kappa shape index (κ3) is 17.9. The number of aryl methyl sites for hydroxylation is 1. The molecule has 0 fully saturated rings. The topological polar surface area (TPSA) is 120 Å². The van der Waals surface area contributed by atoms with Crippen LogP contribution in [0.1, 0.15) is 122 Å². The Balaban J connectivity index is 2.21. The van der Waals surface area contributed by atoms with Crippen LogP contribution in [0.5, 0.6) is 0 Å². The predicted molar refractivity (Wildman–Crippen MR) is 158 cm³/mol. The lowest BCUT2D eigenvalue weighted by atomic mass is 10.0. The van der Waals surface area contributed by atoms with Gasteiger partial charge in [-0.1, -0.05) is 104 Å². The monoisotopic (exact) mass is 574 g/mol. The Hall–Kier alpha value is -1.25. The van der Waals surface area contributed by atoms with Crippen molar-refractivity contribution in [3.05, 3.63) is 32.6 Å². The van der Waals surface area contributed by atoms with Crippen molar-refractivity contribution >= 4 is 7.60 Å². The molecule has 0 bridgehead atoms. The van der Waals surface area contributed by atoms with E-state index in [1.807, 2.05) is 6.92 Å². The molecule has 0 amide bonds. The molecule has 1 heterocycles. The molecular weight excluding hydrogens is 519 g/mol. The zero-order chi connectivity index (χ0) is 28.8. The van der Waals surface area contributed by atoms with Crippen molar-refractivity contribution in [2.24, 2.45) is 0 Å². The van der Waals surface area contributed by atoms with E-state index in [9.17, 15) is 14.2 Å². The average Bonchev–Trinajstić information content (AvgIpc) is 2.89. The first-order chi connectivity index (χ1) is 18.8. The van der Waals surface area contributed by atoms with E-state index in [1.54, 1.807) is 0 Å². The highest BCUT2D eigenvalue weighted by Crippen LogP contribution is 2.33. The van der Waals surface area contributed by atoms with Crippen molar-refractivity contribution in [1.82, 2.24) is 9.13 Å². The van der Waals surface area contributed by atoms with Crippen molar-refractivity contribution in [2.75, 3.05) is 26.2 Å². The minimum atomic E-state index is -4.26. The molecule has 0 radical (unpaired) electrons. The van der Waals surface area contributed by atoms with E-state index in [0.29, 0.717) is 31.6 Å². The predicted octanol–water partition coefficient (Wildman–Crippen LogP) is 6.00. The van der Waals surface area contributed by atoms with Gasteiger partial charge in [-0.3, -0.25) is 18.5 Å². The molecule has 1 aromatic rings. The molecule has 0 saturated carbocycles. The number of aromatic nitrogens is 2. The Morgan fingerprint density at radius 1 is 0.692 bits per heavy atom. The van der Waals surface area contributed by atoms with Gasteiger partial charge in [-0.05, 0) is 19.3 Å². The molecule has 0 aliphatic rings.